The Hall–Kier alpha value is -2.44. The molecule has 0 saturated heterocycles. The van der Waals surface area contributed by atoms with Crippen LogP contribution in [0.4, 0.5) is 4.79 Å². The van der Waals surface area contributed by atoms with E-state index in [2.05, 4.69) is 15.6 Å². The number of ether oxygens (including phenoxy) is 2. The van der Waals surface area contributed by atoms with Gasteiger partial charge in [0, 0.05) is 39.3 Å². The molecule has 0 bridgehead atoms. The molecular formula is C19H32N4O3. The summed E-state index contributed by atoms with van der Waals surface area (Å²) in [7, 11) is 3.42. The summed E-state index contributed by atoms with van der Waals surface area (Å²) in [6, 6.07) is 7.90. The number of carbonyl (C=O) groups is 1. The molecule has 0 aromatic heterocycles. The largest absolute Gasteiger partial charge is 0.494 e. The first-order valence-electron chi connectivity index (χ1n) is 8.86. The Bertz CT molecular complexity index is 597. The zero-order valence-electron chi connectivity index (χ0n) is 16.8. The van der Waals surface area contributed by atoms with E-state index < -0.39 is 5.60 Å². The Morgan fingerprint density at radius 2 is 1.92 bits per heavy atom. The Kier molecular flexibility index (Phi) is 8.75. The molecule has 1 amide bonds. The highest BCUT2D eigenvalue weighted by Crippen LogP contribution is 2.17. The van der Waals surface area contributed by atoms with Gasteiger partial charge in [0.25, 0.3) is 0 Å². The second-order valence-electron chi connectivity index (χ2n) is 6.80. The molecule has 1 aromatic carbocycles. The van der Waals surface area contributed by atoms with Crippen molar-refractivity contribution in [1.29, 1.82) is 0 Å². The van der Waals surface area contributed by atoms with Gasteiger partial charge in [-0.1, -0.05) is 18.2 Å². The smallest absolute Gasteiger partial charge is 0.410 e. The number of para-hydroxylation sites is 1. The van der Waals surface area contributed by atoms with Crippen LogP contribution in [-0.2, 0) is 11.3 Å². The van der Waals surface area contributed by atoms with Crippen molar-refractivity contribution in [2.75, 3.05) is 33.8 Å². The van der Waals surface area contributed by atoms with Gasteiger partial charge in [-0.2, -0.15) is 0 Å². The fourth-order valence-corrected chi connectivity index (χ4v) is 2.12. The average Bonchev–Trinajstić information content (AvgIpc) is 2.57. The third-order valence-corrected chi connectivity index (χ3v) is 3.39. The molecular weight excluding hydrogens is 332 g/mol. The van der Waals surface area contributed by atoms with Gasteiger partial charge >= 0.3 is 6.09 Å². The quantitative estimate of drug-likeness (QED) is 0.575. The third kappa shape index (κ3) is 8.09. The van der Waals surface area contributed by atoms with Crippen molar-refractivity contribution in [1.82, 2.24) is 15.5 Å². The molecule has 0 saturated carbocycles. The number of guanidine groups is 1. The number of aliphatic imine (C=N–C) groups is 1. The second kappa shape index (κ2) is 10.5. The SMILES string of the molecule is CCOc1ccccc1CNC(=NC)NCCN(C)C(=O)OC(C)(C)C. The van der Waals surface area contributed by atoms with E-state index in [-0.39, 0.29) is 6.09 Å². The zero-order valence-corrected chi connectivity index (χ0v) is 16.8. The van der Waals surface area contributed by atoms with Gasteiger partial charge in [-0.15, -0.1) is 0 Å². The summed E-state index contributed by atoms with van der Waals surface area (Å²) in [5.41, 5.74) is 0.563. The molecule has 0 aliphatic rings. The van der Waals surface area contributed by atoms with Crippen LogP contribution >= 0.6 is 0 Å². The van der Waals surface area contributed by atoms with E-state index in [4.69, 9.17) is 9.47 Å². The van der Waals surface area contributed by atoms with Crippen LogP contribution < -0.4 is 15.4 Å². The summed E-state index contributed by atoms with van der Waals surface area (Å²) in [4.78, 5) is 17.7. The summed E-state index contributed by atoms with van der Waals surface area (Å²) >= 11 is 0. The molecule has 26 heavy (non-hydrogen) atoms. The van der Waals surface area contributed by atoms with E-state index in [1.807, 2.05) is 52.0 Å². The van der Waals surface area contributed by atoms with Crippen molar-refractivity contribution in [2.45, 2.75) is 39.8 Å². The number of carbonyl (C=O) groups excluding carboxylic acids is 1. The summed E-state index contributed by atoms with van der Waals surface area (Å²) in [5, 5.41) is 6.44. The van der Waals surface area contributed by atoms with Gasteiger partial charge < -0.3 is 25.0 Å². The summed E-state index contributed by atoms with van der Waals surface area (Å²) in [5.74, 6) is 1.52. The van der Waals surface area contributed by atoms with Crippen molar-refractivity contribution in [2.24, 2.45) is 4.99 Å². The minimum atomic E-state index is -0.496. The molecule has 0 aliphatic heterocycles. The number of rotatable bonds is 7. The van der Waals surface area contributed by atoms with E-state index in [1.165, 1.54) is 4.90 Å². The lowest BCUT2D eigenvalue weighted by atomic mass is 10.2. The van der Waals surface area contributed by atoms with Gasteiger partial charge in [0.05, 0.1) is 6.61 Å². The van der Waals surface area contributed by atoms with E-state index >= 15 is 0 Å². The first-order valence-corrected chi connectivity index (χ1v) is 8.86. The van der Waals surface area contributed by atoms with Crippen LogP contribution in [0, 0.1) is 0 Å². The molecule has 0 atom stereocenters. The number of likely N-dealkylation sites (N-methyl/N-ethyl adjacent to an activating group) is 1. The molecule has 2 N–H and O–H groups in total. The first kappa shape index (κ1) is 21.6. The Morgan fingerprint density at radius 3 is 2.54 bits per heavy atom. The van der Waals surface area contributed by atoms with Gasteiger partial charge in [0.2, 0.25) is 0 Å². The van der Waals surface area contributed by atoms with Crippen molar-refractivity contribution in [3.8, 4) is 5.75 Å². The molecule has 0 unspecified atom stereocenters. The maximum Gasteiger partial charge on any atom is 0.410 e. The highest BCUT2D eigenvalue weighted by molar-refractivity contribution is 5.79. The van der Waals surface area contributed by atoms with Crippen LogP contribution in [0.25, 0.3) is 0 Å². The lowest BCUT2D eigenvalue weighted by molar-refractivity contribution is 0.0302. The summed E-state index contributed by atoms with van der Waals surface area (Å²) < 4.78 is 10.9. The van der Waals surface area contributed by atoms with Gasteiger partial charge in [-0.05, 0) is 33.8 Å². The maximum atomic E-state index is 11.9. The van der Waals surface area contributed by atoms with Crippen molar-refractivity contribution < 1.29 is 14.3 Å². The predicted octanol–water partition coefficient (Wildman–Crippen LogP) is 2.62. The molecule has 0 aliphatic carbocycles. The summed E-state index contributed by atoms with van der Waals surface area (Å²) in [6.45, 7) is 9.80. The number of amides is 1. The lowest BCUT2D eigenvalue weighted by Gasteiger charge is -2.25. The third-order valence-electron chi connectivity index (χ3n) is 3.39. The standard InChI is InChI=1S/C19H32N4O3/c1-7-25-16-11-9-8-10-15(16)14-22-17(20-5)21-12-13-23(6)18(24)26-19(2,3)4/h8-11H,7,12-14H2,1-6H3,(H2,20,21,22). The van der Waals surface area contributed by atoms with Crippen molar-refractivity contribution >= 4 is 12.1 Å². The van der Waals surface area contributed by atoms with Crippen LogP contribution in [-0.4, -0.2) is 56.3 Å². The highest BCUT2D eigenvalue weighted by atomic mass is 16.6. The normalized spacial score (nSPS) is 11.7. The minimum Gasteiger partial charge on any atom is -0.494 e. The molecule has 7 heteroatoms. The second-order valence-corrected chi connectivity index (χ2v) is 6.80. The molecule has 146 valence electrons. The fraction of sp³-hybridized carbons (Fsp3) is 0.579. The Balaban J connectivity index is 2.43. The molecule has 0 fully saturated rings. The van der Waals surface area contributed by atoms with Crippen LogP contribution in [0.15, 0.2) is 29.3 Å². The number of benzene rings is 1. The Labute approximate surface area is 156 Å². The summed E-state index contributed by atoms with van der Waals surface area (Å²) in [6.07, 6.45) is -0.340. The van der Waals surface area contributed by atoms with Crippen molar-refractivity contribution in [3.63, 3.8) is 0 Å². The monoisotopic (exact) mass is 364 g/mol. The highest BCUT2D eigenvalue weighted by Gasteiger charge is 2.19. The van der Waals surface area contributed by atoms with E-state index in [0.717, 1.165) is 11.3 Å². The molecule has 1 aromatic rings. The molecule has 1 rings (SSSR count). The maximum absolute atomic E-state index is 11.9. The number of hydrogen-bond donors (Lipinski definition) is 2. The van der Waals surface area contributed by atoms with Crippen molar-refractivity contribution in [3.05, 3.63) is 29.8 Å². The number of hydrogen-bond acceptors (Lipinski definition) is 4. The van der Waals surface area contributed by atoms with Crippen LogP contribution in [0.2, 0.25) is 0 Å². The number of nitrogens with one attached hydrogen (secondary N) is 2. The minimum absolute atomic E-state index is 0.340. The van der Waals surface area contributed by atoms with E-state index in [1.54, 1.807) is 14.1 Å². The van der Waals surface area contributed by atoms with Crippen LogP contribution in [0.5, 0.6) is 5.75 Å². The first-order chi connectivity index (χ1) is 12.3. The van der Waals surface area contributed by atoms with Gasteiger partial charge in [0.15, 0.2) is 5.96 Å². The van der Waals surface area contributed by atoms with Crippen LogP contribution in [0.1, 0.15) is 33.3 Å². The van der Waals surface area contributed by atoms with E-state index in [0.29, 0.717) is 32.2 Å². The zero-order chi connectivity index (χ0) is 19.6. The van der Waals surface area contributed by atoms with Crippen LogP contribution in [0.3, 0.4) is 0 Å². The lowest BCUT2D eigenvalue weighted by Crippen LogP contribution is -2.42. The molecule has 7 nitrogen and oxygen atoms in total. The molecule has 0 spiro atoms. The Morgan fingerprint density at radius 1 is 1.23 bits per heavy atom. The average molecular weight is 364 g/mol. The van der Waals surface area contributed by atoms with Gasteiger partial charge in [-0.3, -0.25) is 4.99 Å². The van der Waals surface area contributed by atoms with Gasteiger partial charge in [-0.25, -0.2) is 4.79 Å². The molecule has 0 heterocycles. The van der Waals surface area contributed by atoms with E-state index in [9.17, 15) is 4.79 Å². The topological polar surface area (TPSA) is 75.2 Å². The number of nitrogens with zero attached hydrogens (tertiary/aromatic N) is 2. The molecule has 0 radical (unpaired) electrons. The fourth-order valence-electron chi connectivity index (χ4n) is 2.12. The van der Waals surface area contributed by atoms with Gasteiger partial charge in [0.1, 0.15) is 11.4 Å². The predicted molar refractivity (Wildman–Crippen MR) is 105 cm³/mol.